The van der Waals surface area contributed by atoms with Gasteiger partial charge in [-0.2, -0.15) is 0 Å². The van der Waals surface area contributed by atoms with E-state index in [1.54, 1.807) is 6.08 Å². The third kappa shape index (κ3) is 4.98. The molecule has 0 fully saturated rings. The van der Waals surface area contributed by atoms with Crippen LogP contribution in [0.2, 0.25) is 0 Å². The minimum atomic E-state index is -0.395. The van der Waals surface area contributed by atoms with E-state index in [1.165, 1.54) is 6.08 Å². The number of rotatable bonds is 7. The summed E-state index contributed by atoms with van der Waals surface area (Å²) in [6, 6.07) is 15.3. The van der Waals surface area contributed by atoms with Crippen LogP contribution in [0.5, 0.6) is 11.5 Å². The molecule has 0 amide bonds. The third-order valence-electron chi connectivity index (χ3n) is 3.53. The number of hydrogen-bond acceptors (Lipinski definition) is 3. The molecule has 0 saturated carbocycles. The zero-order valence-corrected chi connectivity index (χ0v) is 14.5. The van der Waals surface area contributed by atoms with Crippen LogP contribution in [0.3, 0.4) is 0 Å². The second-order valence-electron chi connectivity index (χ2n) is 5.83. The van der Waals surface area contributed by atoms with Crippen molar-refractivity contribution >= 4 is 12.0 Å². The molecule has 126 valence electrons. The molecule has 2 aromatic carbocycles. The molecule has 0 aromatic heterocycles. The van der Waals surface area contributed by atoms with E-state index in [2.05, 4.69) is 20.8 Å². The molecule has 0 heterocycles. The Balaban J connectivity index is 2.09. The van der Waals surface area contributed by atoms with Crippen molar-refractivity contribution in [2.45, 2.75) is 33.1 Å². The summed E-state index contributed by atoms with van der Waals surface area (Å²) in [5.74, 6) is 1.28. The van der Waals surface area contributed by atoms with Gasteiger partial charge in [0.2, 0.25) is 0 Å². The summed E-state index contributed by atoms with van der Waals surface area (Å²) in [6.07, 6.45) is 4.10. The number of hydrogen-bond donors (Lipinski definition) is 0. The van der Waals surface area contributed by atoms with E-state index in [0.717, 1.165) is 23.3 Å². The van der Waals surface area contributed by atoms with E-state index in [0.29, 0.717) is 18.3 Å². The maximum atomic E-state index is 12.1. The molecule has 2 rings (SSSR count). The minimum Gasteiger partial charge on any atom is -0.493 e. The molecule has 0 atom stereocenters. The van der Waals surface area contributed by atoms with Crippen molar-refractivity contribution in [3.63, 3.8) is 0 Å². The molecule has 0 aliphatic heterocycles. The second kappa shape index (κ2) is 8.92. The van der Waals surface area contributed by atoms with Gasteiger partial charge < -0.3 is 9.47 Å². The number of esters is 1. The highest BCUT2D eigenvalue weighted by molar-refractivity contribution is 5.89. The van der Waals surface area contributed by atoms with Crippen LogP contribution in [0.1, 0.15) is 44.2 Å². The van der Waals surface area contributed by atoms with Crippen LogP contribution in [0, 0.1) is 0 Å². The number of ether oxygens (including phenoxy) is 2. The van der Waals surface area contributed by atoms with Crippen molar-refractivity contribution in [3.05, 3.63) is 65.7 Å². The Kier molecular flexibility index (Phi) is 6.62. The predicted molar refractivity (Wildman–Crippen MR) is 97.4 cm³/mol. The van der Waals surface area contributed by atoms with Gasteiger partial charge in [-0.25, -0.2) is 4.79 Å². The molecule has 0 N–H and O–H groups in total. The van der Waals surface area contributed by atoms with E-state index >= 15 is 0 Å². The van der Waals surface area contributed by atoms with Crippen LogP contribution >= 0.6 is 0 Å². The first kappa shape index (κ1) is 17.8. The number of benzene rings is 2. The highest BCUT2D eigenvalue weighted by atomic mass is 16.5. The van der Waals surface area contributed by atoms with E-state index in [4.69, 9.17) is 9.47 Å². The first-order valence-corrected chi connectivity index (χ1v) is 8.32. The Hall–Kier alpha value is -2.55. The molecule has 0 aliphatic rings. The molecule has 2 aromatic rings. The van der Waals surface area contributed by atoms with Crippen LogP contribution in [0.15, 0.2) is 54.6 Å². The standard InChI is InChI=1S/C21H24O3/c1-4-15-23-19-11-7-5-9-17(19)13-14-21(22)24-20-12-8-6-10-18(20)16(2)3/h5-14,16H,4,15H2,1-3H3/b14-13+. The average Bonchev–Trinajstić information content (AvgIpc) is 2.59. The predicted octanol–water partition coefficient (Wildman–Crippen LogP) is 5.22. The SMILES string of the molecule is CCCOc1ccccc1/C=C/C(=O)Oc1ccccc1C(C)C. The minimum absolute atomic E-state index is 0.293. The summed E-state index contributed by atoms with van der Waals surface area (Å²) >= 11 is 0. The Labute approximate surface area is 143 Å². The monoisotopic (exact) mass is 324 g/mol. The van der Waals surface area contributed by atoms with Gasteiger partial charge in [-0.15, -0.1) is 0 Å². The van der Waals surface area contributed by atoms with Gasteiger partial charge >= 0.3 is 5.97 Å². The lowest BCUT2D eigenvalue weighted by atomic mass is 10.0. The summed E-state index contributed by atoms with van der Waals surface area (Å²) < 4.78 is 11.2. The smallest absolute Gasteiger partial charge is 0.336 e. The van der Waals surface area contributed by atoms with Gasteiger partial charge in [-0.1, -0.05) is 57.2 Å². The van der Waals surface area contributed by atoms with Crippen LogP contribution in [-0.2, 0) is 4.79 Å². The summed E-state index contributed by atoms with van der Waals surface area (Å²) in [5, 5.41) is 0. The van der Waals surface area contributed by atoms with E-state index in [1.807, 2.05) is 48.5 Å². The first-order valence-electron chi connectivity index (χ1n) is 8.32. The fourth-order valence-corrected chi connectivity index (χ4v) is 2.31. The Morgan fingerprint density at radius 1 is 1.04 bits per heavy atom. The number of para-hydroxylation sites is 2. The quantitative estimate of drug-likeness (QED) is 0.398. The van der Waals surface area contributed by atoms with Crippen molar-refractivity contribution in [3.8, 4) is 11.5 Å². The maximum absolute atomic E-state index is 12.1. The molecular weight excluding hydrogens is 300 g/mol. The normalized spacial score (nSPS) is 11.0. The van der Waals surface area contributed by atoms with Gasteiger partial charge in [-0.05, 0) is 36.1 Å². The van der Waals surface area contributed by atoms with E-state index in [-0.39, 0.29) is 0 Å². The van der Waals surface area contributed by atoms with Crippen LogP contribution in [-0.4, -0.2) is 12.6 Å². The van der Waals surface area contributed by atoms with Gasteiger partial charge in [0.05, 0.1) is 6.61 Å². The summed E-state index contributed by atoms with van der Waals surface area (Å²) in [5.41, 5.74) is 1.88. The van der Waals surface area contributed by atoms with Crippen LogP contribution in [0.25, 0.3) is 6.08 Å². The molecule has 3 heteroatoms. The first-order chi connectivity index (χ1) is 11.6. The number of carbonyl (C=O) groups is 1. The highest BCUT2D eigenvalue weighted by Gasteiger charge is 2.09. The maximum Gasteiger partial charge on any atom is 0.336 e. The van der Waals surface area contributed by atoms with Gasteiger partial charge in [0, 0.05) is 11.6 Å². The largest absolute Gasteiger partial charge is 0.493 e. The lowest BCUT2D eigenvalue weighted by Gasteiger charge is -2.11. The third-order valence-corrected chi connectivity index (χ3v) is 3.53. The summed E-state index contributed by atoms with van der Waals surface area (Å²) in [4.78, 5) is 12.1. The van der Waals surface area contributed by atoms with E-state index < -0.39 is 5.97 Å². The van der Waals surface area contributed by atoms with Crippen molar-refractivity contribution in [2.24, 2.45) is 0 Å². The van der Waals surface area contributed by atoms with Gasteiger partial charge in [0.1, 0.15) is 11.5 Å². The molecule has 0 saturated heterocycles. The fraction of sp³-hybridized carbons (Fsp3) is 0.286. The zero-order chi connectivity index (χ0) is 17.4. The molecule has 0 unspecified atom stereocenters. The Morgan fingerprint density at radius 3 is 2.42 bits per heavy atom. The number of carbonyl (C=O) groups excluding carboxylic acids is 1. The molecule has 3 nitrogen and oxygen atoms in total. The highest BCUT2D eigenvalue weighted by Crippen LogP contribution is 2.26. The van der Waals surface area contributed by atoms with Crippen molar-refractivity contribution in [1.82, 2.24) is 0 Å². The lowest BCUT2D eigenvalue weighted by Crippen LogP contribution is -2.06. The Bertz CT molecular complexity index is 702. The second-order valence-corrected chi connectivity index (χ2v) is 5.83. The van der Waals surface area contributed by atoms with Gasteiger partial charge in [0.15, 0.2) is 0 Å². The van der Waals surface area contributed by atoms with E-state index in [9.17, 15) is 4.79 Å². The summed E-state index contributed by atoms with van der Waals surface area (Å²) in [7, 11) is 0. The van der Waals surface area contributed by atoms with Gasteiger partial charge in [-0.3, -0.25) is 0 Å². The van der Waals surface area contributed by atoms with Gasteiger partial charge in [0.25, 0.3) is 0 Å². The molecule has 0 aliphatic carbocycles. The molecular formula is C21H24O3. The molecule has 0 bridgehead atoms. The molecule has 0 radical (unpaired) electrons. The fourth-order valence-electron chi connectivity index (χ4n) is 2.31. The van der Waals surface area contributed by atoms with Crippen LogP contribution in [0.4, 0.5) is 0 Å². The Morgan fingerprint density at radius 2 is 1.71 bits per heavy atom. The van der Waals surface area contributed by atoms with Crippen molar-refractivity contribution in [1.29, 1.82) is 0 Å². The average molecular weight is 324 g/mol. The summed E-state index contributed by atoms with van der Waals surface area (Å²) in [6.45, 7) is 6.85. The van der Waals surface area contributed by atoms with Crippen molar-refractivity contribution < 1.29 is 14.3 Å². The topological polar surface area (TPSA) is 35.5 Å². The molecule has 0 spiro atoms. The zero-order valence-electron chi connectivity index (χ0n) is 14.5. The van der Waals surface area contributed by atoms with Crippen molar-refractivity contribution in [2.75, 3.05) is 6.61 Å². The lowest BCUT2D eigenvalue weighted by molar-refractivity contribution is -0.128. The molecule has 24 heavy (non-hydrogen) atoms. The van der Waals surface area contributed by atoms with Crippen LogP contribution < -0.4 is 9.47 Å².